The summed E-state index contributed by atoms with van der Waals surface area (Å²) in [5.41, 5.74) is -5.49. The molecule has 2 aromatic rings. The highest BCUT2D eigenvalue weighted by molar-refractivity contribution is 7.14. The molecule has 194 valence electrons. The summed E-state index contributed by atoms with van der Waals surface area (Å²) in [6, 6.07) is 6.47. The highest BCUT2D eigenvalue weighted by atomic mass is 32.1. The van der Waals surface area contributed by atoms with Crippen molar-refractivity contribution < 1.29 is 53.1 Å². The Morgan fingerprint density at radius 2 is 1.29 bits per heavy atom. The van der Waals surface area contributed by atoms with Gasteiger partial charge in [0.15, 0.2) is 5.13 Å². The molecule has 1 fully saturated rings. The van der Waals surface area contributed by atoms with E-state index in [0.717, 1.165) is 16.3 Å². The number of aromatic nitrogens is 1. The van der Waals surface area contributed by atoms with Crippen molar-refractivity contribution in [3.63, 3.8) is 0 Å². The predicted octanol–water partition coefficient (Wildman–Crippen LogP) is 6.85. The molecule has 3 rings (SSSR count). The Bertz CT molecular complexity index is 1080. The average molecular weight is 540 g/mol. The van der Waals surface area contributed by atoms with E-state index in [4.69, 9.17) is 0 Å². The molecule has 1 aliphatic rings. The number of benzene rings is 1. The number of hydrogen-bond donors (Lipinski definition) is 1. The summed E-state index contributed by atoms with van der Waals surface area (Å²) in [7, 11) is 0. The van der Waals surface area contributed by atoms with Crippen LogP contribution in [0.2, 0.25) is 0 Å². The molecule has 0 bridgehead atoms. The minimum atomic E-state index is -7.39. The summed E-state index contributed by atoms with van der Waals surface area (Å²) in [4.78, 5) is 15.6. The second kappa shape index (κ2) is 8.03. The van der Waals surface area contributed by atoms with E-state index < -0.39 is 46.3 Å². The average Bonchev–Trinajstić information content (AvgIpc) is 3.20. The van der Waals surface area contributed by atoms with Crippen LogP contribution in [0.5, 0.6) is 0 Å². The highest BCUT2D eigenvalue weighted by Crippen LogP contribution is 2.69. The number of anilines is 1. The molecular formula is C20H15F11N2OS. The Kier molecular flexibility index (Phi) is 6.23. The number of halogens is 11. The fourth-order valence-electron chi connectivity index (χ4n) is 3.44. The number of nitrogens with zero attached hydrogens (tertiary/aromatic N) is 1. The first-order chi connectivity index (χ1) is 15.8. The lowest BCUT2D eigenvalue weighted by Gasteiger charge is -2.51. The Morgan fingerprint density at radius 1 is 0.829 bits per heavy atom. The molecule has 0 atom stereocenters. The molecule has 1 aromatic carbocycles. The van der Waals surface area contributed by atoms with Gasteiger partial charge in [-0.2, -0.15) is 43.9 Å². The number of carbonyl (C=O) groups excluding carboxylic acids is 1. The first-order valence-electron chi connectivity index (χ1n) is 9.70. The number of carbonyl (C=O) groups is 1. The van der Waals surface area contributed by atoms with Gasteiger partial charge in [-0.25, -0.2) is 9.37 Å². The lowest BCUT2D eigenvalue weighted by molar-refractivity contribution is -0.475. The second-order valence-electron chi connectivity index (χ2n) is 8.32. The molecule has 1 N–H and O–H groups in total. The summed E-state index contributed by atoms with van der Waals surface area (Å²) in [5, 5.41) is 1.23. The van der Waals surface area contributed by atoms with Gasteiger partial charge in [0.1, 0.15) is 0 Å². The molecular weight excluding hydrogens is 525 g/mol. The van der Waals surface area contributed by atoms with Crippen molar-refractivity contribution in [1.82, 2.24) is 4.98 Å². The number of amides is 1. The van der Waals surface area contributed by atoms with E-state index in [1.807, 2.05) is 13.8 Å². The summed E-state index contributed by atoms with van der Waals surface area (Å²) >= 11 is 0.327. The van der Waals surface area contributed by atoms with Gasteiger partial charge < -0.3 is 0 Å². The van der Waals surface area contributed by atoms with Gasteiger partial charge in [0.2, 0.25) is 0 Å². The van der Waals surface area contributed by atoms with Crippen LogP contribution in [0.25, 0.3) is 11.3 Å². The van der Waals surface area contributed by atoms with Gasteiger partial charge in [-0.05, 0) is 17.9 Å². The lowest BCUT2D eigenvalue weighted by Crippen LogP contribution is -2.86. The molecule has 0 saturated heterocycles. The molecule has 1 aliphatic carbocycles. The van der Waals surface area contributed by atoms with Crippen LogP contribution in [0.15, 0.2) is 29.6 Å². The van der Waals surface area contributed by atoms with E-state index in [2.05, 4.69) is 4.98 Å². The SMILES string of the molecule is CC(C)Cc1ccc(-c2csc(NC(=O)C3(F)C(F)(F)C(F)(F)C(F)(F)C(F)(F)C3(F)F)n2)cc1. The molecule has 1 amide bonds. The van der Waals surface area contributed by atoms with Crippen molar-refractivity contribution in [2.75, 3.05) is 5.32 Å². The van der Waals surface area contributed by atoms with Crippen LogP contribution >= 0.6 is 11.3 Å². The highest BCUT2D eigenvalue weighted by Gasteiger charge is 3.02. The molecule has 0 spiro atoms. The first kappa shape index (κ1) is 27.1. The third-order valence-electron chi connectivity index (χ3n) is 5.37. The lowest BCUT2D eigenvalue weighted by atomic mass is 9.71. The number of rotatable bonds is 5. The minimum absolute atomic E-state index is 0.00124. The number of nitrogens with one attached hydrogen (secondary N) is 1. The molecule has 15 heteroatoms. The van der Waals surface area contributed by atoms with Crippen LogP contribution in [0, 0.1) is 5.92 Å². The maximum Gasteiger partial charge on any atom is 0.384 e. The smallest absolute Gasteiger partial charge is 0.299 e. The summed E-state index contributed by atoms with van der Waals surface area (Å²) < 4.78 is 152. The van der Waals surface area contributed by atoms with Gasteiger partial charge >= 0.3 is 35.3 Å². The summed E-state index contributed by atoms with van der Waals surface area (Å²) in [6.45, 7) is 3.93. The third kappa shape index (κ3) is 3.51. The van der Waals surface area contributed by atoms with Crippen molar-refractivity contribution in [2.24, 2.45) is 5.92 Å². The standard InChI is InChI=1S/C20H15F11N2OS/c1-9(2)7-10-3-5-11(6-4-10)12-8-35-14(32-12)33-13(34)15(21)16(22,23)18(26,27)20(30,31)19(28,29)17(15,24)25/h3-6,8-9H,7H2,1-2H3,(H,32,33,34). The Morgan fingerprint density at radius 3 is 1.74 bits per heavy atom. The summed E-state index contributed by atoms with van der Waals surface area (Å²) in [5.74, 6) is -39.7. The van der Waals surface area contributed by atoms with Crippen LogP contribution in [-0.2, 0) is 11.2 Å². The van der Waals surface area contributed by atoms with Crippen LogP contribution in [0.3, 0.4) is 0 Å². The molecule has 0 radical (unpaired) electrons. The van der Waals surface area contributed by atoms with Crippen molar-refractivity contribution >= 4 is 22.4 Å². The Balaban J connectivity index is 1.95. The molecule has 1 heterocycles. The van der Waals surface area contributed by atoms with Gasteiger partial charge in [-0.3, -0.25) is 10.1 Å². The van der Waals surface area contributed by atoms with E-state index >= 15 is 0 Å². The van der Waals surface area contributed by atoms with Crippen LogP contribution in [-0.4, -0.2) is 46.2 Å². The van der Waals surface area contributed by atoms with Gasteiger partial charge in [0, 0.05) is 10.9 Å². The van der Waals surface area contributed by atoms with E-state index in [1.165, 1.54) is 0 Å². The molecule has 0 aliphatic heterocycles. The fraction of sp³-hybridized carbons (Fsp3) is 0.500. The molecule has 35 heavy (non-hydrogen) atoms. The predicted molar refractivity (Wildman–Crippen MR) is 103 cm³/mol. The van der Waals surface area contributed by atoms with Crippen LogP contribution in [0.1, 0.15) is 19.4 Å². The van der Waals surface area contributed by atoms with Crippen LogP contribution in [0.4, 0.5) is 53.4 Å². The van der Waals surface area contributed by atoms with Crippen molar-refractivity contribution in [1.29, 1.82) is 0 Å². The zero-order chi connectivity index (χ0) is 26.8. The fourth-order valence-corrected chi connectivity index (χ4v) is 4.15. The zero-order valence-electron chi connectivity index (χ0n) is 17.6. The molecule has 1 saturated carbocycles. The Labute approximate surface area is 194 Å². The maximum atomic E-state index is 14.8. The first-order valence-corrected chi connectivity index (χ1v) is 10.6. The monoisotopic (exact) mass is 540 g/mol. The number of thiazole rings is 1. The van der Waals surface area contributed by atoms with Crippen molar-refractivity contribution in [3.8, 4) is 11.3 Å². The van der Waals surface area contributed by atoms with E-state index in [-0.39, 0.29) is 5.69 Å². The summed E-state index contributed by atoms with van der Waals surface area (Å²) in [6.07, 6.45) is 0.716. The van der Waals surface area contributed by atoms with E-state index in [0.29, 0.717) is 29.2 Å². The number of alkyl halides is 11. The minimum Gasteiger partial charge on any atom is -0.299 e. The van der Waals surface area contributed by atoms with Gasteiger partial charge in [-0.15, -0.1) is 11.3 Å². The normalized spacial score (nSPS) is 23.1. The number of hydrogen-bond acceptors (Lipinski definition) is 3. The second-order valence-corrected chi connectivity index (χ2v) is 9.18. The molecule has 1 aromatic heterocycles. The van der Waals surface area contributed by atoms with E-state index in [9.17, 15) is 53.1 Å². The third-order valence-corrected chi connectivity index (χ3v) is 6.13. The van der Waals surface area contributed by atoms with E-state index in [1.54, 1.807) is 24.3 Å². The van der Waals surface area contributed by atoms with Crippen molar-refractivity contribution in [2.45, 2.75) is 55.5 Å². The quantitative estimate of drug-likeness (QED) is 0.422. The largest absolute Gasteiger partial charge is 0.384 e. The maximum absolute atomic E-state index is 14.8. The van der Waals surface area contributed by atoms with Gasteiger partial charge in [0.25, 0.3) is 5.91 Å². The zero-order valence-corrected chi connectivity index (χ0v) is 18.4. The topological polar surface area (TPSA) is 42.0 Å². The van der Waals surface area contributed by atoms with Gasteiger partial charge in [0.05, 0.1) is 5.69 Å². The molecule has 0 unspecified atom stereocenters. The molecule has 3 nitrogen and oxygen atoms in total. The van der Waals surface area contributed by atoms with Crippen molar-refractivity contribution in [3.05, 3.63) is 35.2 Å². The Hall–Kier alpha value is -2.45. The van der Waals surface area contributed by atoms with Gasteiger partial charge in [-0.1, -0.05) is 38.1 Å². The van der Waals surface area contributed by atoms with Crippen LogP contribution < -0.4 is 5.32 Å².